The number of anilines is 1. The molecule has 0 fully saturated rings. The fraction of sp³-hybridized carbons (Fsp3) is 0.278. The molecule has 0 bridgehead atoms. The van der Waals surface area contributed by atoms with Crippen molar-refractivity contribution >= 4 is 23.3 Å². The number of aryl methyl sites for hydroxylation is 4. The Morgan fingerprint density at radius 2 is 1.61 bits per heavy atom. The van der Waals surface area contributed by atoms with E-state index < -0.39 is 0 Å². The number of nitrogens with one attached hydrogen (secondary N) is 2. The standard InChI is InChI=1S/C18H21ClN2O2/c1-11-6-5-7-12(2)17(11)21-18(22)20-10-23-15-8-13(3)16(19)14(4)9-15/h5-9H,10H2,1-4H3,(H2,20,21,22). The normalized spacial score (nSPS) is 10.3. The molecule has 0 aliphatic carbocycles. The average molecular weight is 333 g/mol. The van der Waals surface area contributed by atoms with Gasteiger partial charge < -0.3 is 15.4 Å². The number of rotatable bonds is 4. The molecule has 5 heteroatoms. The van der Waals surface area contributed by atoms with Crippen molar-refractivity contribution in [3.05, 3.63) is 57.6 Å². The highest BCUT2D eigenvalue weighted by Crippen LogP contribution is 2.25. The number of hydrogen-bond donors (Lipinski definition) is 2. The van der Waals surface area contributed by atoms with Gasteiger partial charge in [-0.2, -0.15) is 0 Å². The van der Waals surface area contributed by atoms with Gasteiger partial charge in [0.1, 0.15) is 5.75 Å². The Kier molecular flexibility index (Phi) is 5.50. The Morgan fingerprint density at radius 1 is 1.04 bits per heavy atom. The maximum absolute atomic E-state index is 12.0. The van der Waals surface area contributed by atoms with E-state index in [1.165, 1.54) is 0 Å². The summed E-state index contributed by atoms with van der Waals surface area (Å²) >= 11 is 6.12. The van der Waals surface area contributed by atoms with Crippen LogP contribution in [0.3, 0.4) is 0 Å². The Morgan fingerprint density at radius 3 is 2.17 bits per heavy atom. The second-order valence-electron chi connectivity index (χ2n) is 5.56. The third-order valence-electron chi connectivity index (χ3n) is 3.60. The van der Waals surface area contributed by atoms with Crippen molar-refractivity contribution < 1.29 is 9.53 Å². The van der Waals surface area contributed by atoms with Crippen molar-refractivity contribution in [3.8, 4) is 5.75 Å². The first-order valence-corrected chi connectivity index (χ1v) is 7.77. The van der Waals surface area contributed by atoms with Gasteiger partial charge in [0.25, 0.3) is 0 Å². The van der Waals surface area contributed by atoms with Crippen LogP contribution in [0.2, 0.25) is 5.02 Å². The van der Waals surface area contributed by atoms with E-state index in [9.17, 15) is 4.79 Å². The summed E-state index contributed by atoms with van der Waals surface area (Å²) in [6.07, 6.45) is 0. The maximum Gasteiger partial charge on any atom is 0.321 e. The van der Waals surface area contributed by atoms with Crippen molar-refractivity contribution in [1.82, 2.24) is 5.32 Å². The number of benzene rings is 2. The lowest BCUT2D eigenvalue weighted by molar-refractivity contribution is 0.234. The molecule has 2 rings (SSSR count). The molecule has 0 heterocycles. The van der Waals surface area contributed by atoms with Crippen molar-refractivity contribution in [3.63, 3.8) is 0 Å². The number of carbonyl (C=O) groups excluding carboxylic acids is 1. The van der Waals surface area contributed by atoms with E-state index in [-0.39, 0.29) is 12.8 Å². The lowest BCUT2D eigenvalue weighted by atomic mass is 10.1. The summed E-state index contributed by atoms with van der Waals surface area (Å²) in [4.78, 5) is 12.0. The average Bonchev–Trinajstić information content (AvgIpc) is 2.48. The topological polar surface area (TPSA) is 50.4 Å². The molecule has 122 valence electrons. The Hall–Kier alpha value is -2.20. The van der Waals surface area contributed by atoms with Crippen LogP contribution in [0.15, 0.2) is 30.3 Å². The van der Waals surface area contributed by atoms with Crippen molar-refractivity contribution in [2.75, 3.05) is 12.0 Å². The van der Waals surface area contributed by atoms with E-state index in [1.54, 1.807) is 0 Å². The molecule has 2 aromatic rings. The van der Waals surface area contributed by atoms with Crippen LogP contribution in [0.25, 0.3) is 0 Å². The van der Waals surface area contributed by atoms with Gasteiger partial charge in [-0.05, 0) is 62.1 Å². The summed E-state index contributed by atoms with van der Waals surface area (Å²) in [5, 5.41) is 6.26. The zero-order chi connectivity index (χ0) is 17.0. The van der Waals surface area contributed by atoms with E-state index in [2.05, 4.69) is 10.6 Å². The molecule has 0 aromatic heterocycles. The smallest absolute Gasteiger partial charge is 0.321 e. The fourth-order valence-electron chi connectivity index (χ4n) is 2.34. The predicted octanol–water partition coefficient (Wildman–Crippen LogP) is 4.73. The third kappa shape index (κ3) is 4.39. The van der Waals surface area contributed by atoms with Gasteiger partial charge in [-0.25, -0.2) is 4.79 Å². The molecule has 2 amide bonds. The van der Waals surface area contributed by atoms with Crippen LogP contribution in [-0.4, -0.2) is 12.8 Å². The van der Waals surface area contributed by atoms with Crippen LogP contribution in [-0.2, 0) is 0 Å². The first kappa shape index (κ1) is 17.2. The summed E-state index contributed by atoms with van der Waals surface area (Å²) in [6, 6.07) is 9.27. The van der Waals surface area contributed by atoms with Crippen LogP contribution in [0.4, 0.5) is 10.5 Å². The summed E-state index contributed by atoms with van der Waals surface area (Å²) in [7, 11) is 0. The quantitative estimate of drug-likeness (QED) is 0.795. The van der Waals surface area contributed by atoms with Gasteiger partial charge in [-0.15, -0.1) is 0 Å². The van der Waals surface area contributed by atoms with E-state index in [4.69, 9.17) is 16.3 Å². The minimum Gasteiger partial charge on any atom is -0.473 e. The molecule has 23 heavy (non-hydrogen) atoms. The molecule has 2 aromatic carbocycles. The SMILES string of the molecule is Cc1cc(OCNC(=O)Nc2c(C)cccc2C)cc(C)c1Cl. The molecular formula is C18H21ClN2O2. The van der Waals surface area contributed by atoms with Gasteiger partial charge in [0, 0.05) is 10.7 Å². The Balaban J connectivity index is 1.90. The lowest BCUT2D eigenvalue weighted by Crippen LogP contribution is -2.32. The second kappa shape index (κ2) is 7.38. The molecule has 0 atom stereocenters. The monoisotopic (exact) mass is 332 g/mol. The van der Waals surface area contributed by atoms with E-state index in [0.717, 1.165) is 33.0 Å². The van der Waals surface area contributed by atoms with Crippen LogP contribution < -0.4 is 15.4 Å². The first-order chi connectivity index (χ1) is 10.9. The minimum atomic E-state index is -0.301. The number of para-hydroxylation sites is 1. The molecule has 0 saturated carbocycles. The molecule has 0 aliphatic rings. The first-order valence-electron chi connectivity index (χ1n) is 7.39. The van der Waals surface area contributed by atoms with Crippen molar-refractivity contribution in [2.45, 2.75) is 27.7 Å². The van der Waals surface area contributed by atoms with Crippen LogP contribution >= 0.6 is 11.6 Å². The van der Waals surface area contributed by atoms with Crippen molar-refractivity contribution in [1.29, 1.82) is 0 Å². The highest BCUT2D eigenvalue weighted by molar-refractivity contribution is 6.32. The number of carbonyl (C=O) groups is 1. The molecule has 2 N–H and O–H groups in total. The van der Waals surface area contributed by atoms with E-state index in [1.807, 2.05) is 58.0 Å². The number of halogens is 1. The number of ether oxygens (including phenoxy) is 1. The van der Waals surface area contributed by atoms with Gasteiger partial charge in [0.15, 0.2) is 6.73 Å². The Labute approximate surface area is 141 Å². The Bertz CT molecular complexity index is 686. The molecule has 0 aliphatic heterocycles. The van der Waals surface area contributed by atoms with Gasteiger partial charge in [0.05, 0.1) is 0 Å². The van der Waals surface area contributed by atoms with Gasteiger partial charge in [-0.1, -0.05) is 29.8 Å². The molecule has 0 unspecified atom stereocenters. The van der Waals surface area contributed by atoms with Gasteiger partial charge >= 0.3 is 6.03 Å². The van der Waals surface area contributed by atoms with Crippen LogP contribution in [0.1, 0.15) is 22.3 Å². The lowest BCUT2D eigenvalue weighted by Gasteiger charge is -2.13. The summed E-state index contributed by atoms with van der Waals surface area (Å²) in [6.45, 7) is 7.83. The highest BCUT2D eigenvalue weighted by atomic mass is 35.5. The number of hydrogen-bond acceptors (Lipinski definition) is 2. The zero-order valence-electron chi connectivity index (χ0n) is 13.8. The summed E-state index contributed by atoms with van der Waals surface area (Å²) in [5.41, 5.74) is 4.75. The van der Waals surface area contributed by atoms with E-state index >= 15 is 0 Å². The van der Waals surface area contributed by atoms with E-state index in [0.29, 0.717) is 5.75 Å². The molecular weight excluding hydrogens is 312 g/mol. The second-order valence-corrected chi connectivity index (χ2v) is 5.94. The predicted molar refractivity (Wildman–Crippen MR) is 94.5 cm³/mol. The fourth-order valence-corrected chi connectivity index (χ4v) is 2.45. The highest BCUT2D eigenvalue weighted by Gasteiger charge is 2.07. The third-order valence-corrected chi connectivity index (χ3v) is 4.20. The number of urea groups is 1. The van der Waals surface area contributed by atoms with Crippen molar-refractivity contribution in [2.24, 2.45) is 0 Å². The molecule has 0 saturated heterocycles. The number of amides is 2. The zero-order valence-corrected chi connectivity index (χ0v) is 14.5. The van der Waals surface area contributed by atoms with Gasteiger partial charge in [0.2, 0.25) is 0 Å². The molecule has 4 nitrogen and oxygen atoms in total. The van der Waals surface area contributed by atoms with Crippen LogP contribution in [0.5, 0.6) is 5.75 Å². The largest absolute Gasteiger partial charge is 0.473 e. The molecule has 0 radical (unpaired) electrons. The minimum absolute atomic E-state index is 0.0806. The molecule has 0 spiro atoms. The summed E-state index contributed by atoms with van der Waals surface area (Å²) < 4.78 is 5.56. The maximum atomic E-state index is 12.0. The summed E-state index contributed by atoms with van der Waals surface area (Å²) in [5.74, 6) is 0.678. The van der Waals surface area contributed by atoms with Gasteiger partial charge in [-0.3, -0.25) is 0 Å². The van der Waals surface area contributed by atoms with Crippen LogP contribution in [0, 0.1) is 27.7 Å².